The summed E-state index contributed by atoms with van der Waals surface area (Å²) in [5.74, 6) is 4.84. The minimum Gasteiger partial charge on any atom is -0.395 e. The minimum atomic E-state index is -0.298. The maximum Gasteiger partial charge on any atom is 0.242 e. The van der Waals surface area contributed by atoms with Crippen LogP contribution < -0.4 is 11.3 Å². The summed E-state index contributed by atoms with van der Waals surface area (Å²) in [5, 5.41) is 9.22. The molecule has 0 aliphatic heterocycles. The standard InChI is InChI=1S/C15H23N3O2/c16-17-15(20)14(12-5-2-1-3-6-12)11-18(9-10-19)13-7-4-8-13/h1-3,5-6,13-14,19H,4,7-11,16H2,(H,17,20). The Balaban J connectivity index is 2.11. The number of hydrogen-bond acceptors (Lipinski definition) is 4. The van der Waals surface area contributed by atoms with Crippen LogP contribution in [0.4, 0.5) is 0 Å². The zero-order chi connectivity index (χ0) is 14.4. The Morgan fingerprint density at radius 1 is 1.40 bits per heavy atom. The molecule has 1 saturated carbocycles. The first-order valence-electron chi connectivity index (χ1n) is 7.16. The molecule has 1 fully saturated rings. The number of nitrogens with two attached hydrogens (primary N) is 1. The maximum atomic E-state index is 12.1. The van der Waals surface area contributed by atoms with Gasteiger partial charge in [-0.25, -0.2) is 5.84 Å². The molecule has 1 unspecified atom stereocenters. The van der Waals surface area contributed by atoms with E-state index in [2.05, 4.69) is 10.3 Å². The number of aliphatic hydroxyl groups excluding tert-OH is 1. The minimum absolute atomic E-state index is 0.113. The first-order chi connectivity index (χ1) is 9.76. The highest BCUT2D eigenvalue weighted by Gasteiger charge is 2.29. The monoisotopic (exact) mass is 277 g/mol. The molecule has 1 aliphatic carbocycles. The van der Waals surface area contributed by atoms with Crippen molar-refractivity contribution >= 4 is 5.91 Å². The second-order valence-corrected chi connectivity index (χ2v) is 5.28. The first kappa shape index (κ1) is 15.0. The van der Waals surface area contributed by atoms with Gasteiger partial charge in [0.25, 0.3) is 0 Å². The average Bonchev–Trinajstić information content (AvgIpc) is 2.43. The molecule has 0 heterocycles. The van der Waals surface area contributed by atoms with Gasteiger partial charge < -0.3 is 5.11 Å². The molecule has 5 nitrogen and oxygen atoms in total. The van der Waals surface area contributed by atoms with Gasteiger partial charge in [-0.3, -0.25) is 15.1 Å². The van der Waals surface area contributed by atoms with Gasteiger partial charge in [-0.05, 0) is 18.4 Å². The van der Waals surface area contributed by atoms with Gasteiger partial charge in [-0.1, -0.05) is 36.8 Å². The van der Waals surface area contributed by atoms with Crippen LogP contribution in [0.15, 0.2) is 30.3 Å². The summed E-state index contributed by atoms with van der Waals surface area (Å²) in [6.07, 6.45) is 3.52. The van der Waals surface area contributed by atoms with Crippen molar-refractivity contribution in [2.75, 3.05) is 19.7 Å². The topological polar surface area (TPSA) is 78.6 Å². The molecule has 110 valence electrons. The quantitative estimate of drug-likeness (QED) is 0.387. The molecule has 0 radical (unpaired) electrons. The van der Waals surface area contributed by atoms with Crippen molar-refractivity contribution < 1.29 is 9.90 Å². The van der Waals surface area contributed by atoms with Crippen LogP contribution in [-0.4, -0.2) is 41.7 Å². The van der Waals surface area contributed by atoms with Crippen molar-refractivity contribution in [2.24, 2.45) is 5.84 Å². The van der Waals surface area contributed by atoms with E-state index in [4.69, 9.17) is 5.84 Å². The Hall–Kier alpha value is -1.43. The fourth-order valence-corrected chi connectivity index (χ4v) is 2.66. The van der Waals surface area contributed by atoms with Gasteiger partial charge in [0.1, 0.15) is 0 Å². The fourth-order valence-electron chi connectivity index (χ4n) is 2.66. The van der Waals surface area contributed by atoms with E-state index < -0.39 is 0 Å². The van der Waals surface area contributed by atoms with Crippen molar-refractivity contribution in [3.05, 3.63) is 35.9 Å². The number of aliphatic hydroxyl groups is 1. The van der Waals surface area contributed by atoms with E-state index in [0.717, 1.165) is 18.4 Å². The summed E-state index contributed by atoms with van der Waals surface area (Å²) in [7, 11) is 0. The van der Waals surface area contributed by atoms with Gasteiger partial charge in [-0.15, -0.1) is 0 Å². The highest BCUT2D eigenvalue weighted by atomic mass is 16.3. The third kappa shape index (κ3) is 3.56. The zero-order valence-corrected chi connectivity index (χ0v) is 11.7. The van der Waals surface area contributed by atoms with Gasteiger partial charge in [0.15, 0.2) is 0 Å². The number of amides is 1. The maximum absolute atomic E-state index is 12.1. The van der Waals surface area contributed by atoms with Gasteiger partial charge in [0.2, 0.25) is 5.91 Å². The van der Waals surface area contributed by atoms with Crippen LogP contribution in [0.2, 0.25) is 0 Å². The summed E-state index contributed by atoms with van der Waals surface area (Å²) in [6.45, 7) is 1.31. The summed E-state index contributed by atoms with van der Waals surface area (Å²) in [5.41, 5.74) is 3.21. The van der Waals surface area contributed by atoms with Crippen LogP contribution in [0.5, 0.6) is 0 Å². The molecule has 1 aliphatic rings. The van der Waals surface area contributed by atoms with Crippen molar-refractivity contribution in [3.8, 4) is 0 Å². The molecule has 1 amide bonds. The summed E-state index contributed by atoms with van der Waals surface area (Å²) >= 11 is 0. The van der Waals surface area contributed by atoms with Gasteiger partial charge >= 0.3 is 0 Å². The number of hydrazine groups is 1. The molecule has 2 rings (SSSR count). The Morgan fingerprint density at radius 3 is 2.60 bits per heavy atom. The van der Waals surface area contributed by atoms with E-state index in [9.17, 15) is 9.90 Å². The lowest BCUT2D eigenvalue weighted by atomic mass is 9.89. The molecule has 4 N–H and O–H groups in total. The van der Waals surface area contributed by atoms with Crippen LogP contribution in [0, 0.1) is 0 Å². The van der Waals surface area contributed by atoms with E-state index in [1.165, 1.54) is 6.42 Å². The molecule has 1 aromatic carbocycles. The van der Waals surface area contributed by atoms with Crippen LogP contribution in [-0.2, 0) is 4.79 Å². The second kappa shape index (κ2) is 7.38. The van der Waals surface area contributed by atoms with Gasteiger partial charge in [0.05, 0.1) is 12.5 Å². The van der Waals surface area contributed by atoms with Crippen molar-refractivity contribution in [2.45, 2.75) is 31.2 Å². The number of benzene rings is 1. The van der Waals surface area contributed by atoms with Gasteiger partial charge in [-0.2, -0.15) is 0 Å². The highest BCUT2D eigenvalue weighted by molar-refractivity contribution is 5.83. The average molecular weight is 277 g/mol. The number of nitrogens with zero attached hydrogens (tertiary/aromatic N) is 1. The SMILES string of the molecule is NNC(=O)C(CN(CCO)C1CCC1)c1ccccc1. The Labute approximate surface area is 119 Å². The second-order valence-electron chi connectivity index (χ2n) is 5.28. The van der Waals surface area contributed by atoms with E-state index in [-0.39, 0.29) is 18.4 Å². The molecular weight excluding hydrogens is 254 g/mol. The molecule has 0 bridgehead atoms. The molecule has 0 aromatic heterocycles. The summed E-state index contributed by atoms with van der Waals surface area (Å²) < 4.78 is 0. The molecular formula is C15H23N3O2. The van der Waals surface area contributed by atoms with Crippen molar-refractivity contribution in [1.29, 1.82) is 0 Å². The molecule has 5 heteroatoms. The third-order valence-electron chi connectivity index (χ3n) is 4.06. The van der Waals surface area contributed by atoms with Crippen molar-refractivity contribution in [3.63, 3.8) is 0 Å². The predicted octanol–water partition coefficient (Wildman–Crippen LogP) is 0.607. The Bertz CT molecular complexity index is 420. The Kier molecular flexibility index (Phi) is 5.52. The third-order valence-corrected chi connectivity index (χ3v) is 4.06. The van der Waals surface area contributed by atoms with Crippen LogP contribution in [0.3, 0.4) is 0 Å². The first-order valence-corrected chi connectivity index (χ1v) is 7.16. The lowest BCUT2D eigenvalue weighted by Crippen LogP contribution is -2.47. The summed E-state index contributed by atoms with van der Waals surface area (Å²) in [6, 6.07) is 10.1. The molecule has 0 spiro atoms. The van der Waals surface area contributed by atoms with E-state index in [1.54, 1.807) is 0 Å². The molecule has 1 atom stereocenters. The molecule has 20 heavy (non-hydrogen) atoms. The number of carbonyl (C=O) groups excluding carboxylic acids is 1. The van der Waals surface area contributed by atoms with E-state index >= 15 is 0 Å². The largest absolute Gasteiger partial charge is 0.395 e. The van der Waals surface area contributed by atoms with Crippen LogP contribution in [0.25, 0.3) is 0 Å². The van der Waals surface area contributed by atoms with E-state index in [0.29, 0.717) is 19.1 Å². The van der Waals surface area contributed by atoms with Gasteiger partial charge in [0, 0.05) is 19.1 Å². The van der Waals surface area contributed by atoms with E-state index in [1.807, 2.05) is 30.3 Å². The normalized spacial score (nSPS) is 16.8. The number of rotatable bonds is 7. The fraction of sp³-hybridized carbons (Fsp3) is 0.533. The molecule has 0 saturated heterocycles. The lowest BCUT2D eigenvalue weighted by molar-refractivity contribution is -0.123. The molecule has 1 aromatic rings. The highest BCUT2D eigenvalue weighted by Crippen LogP contribution is 2.27. The lowest BCUT2D eigenvalue weighted by Gasteiger charge is -2.38. The van der Waals surface area contributed by atoms with Crippen LogP contribution in [0.1, 0.15) is 30.7 Å². The van der Waals surface area contributed by atoms with Crippen LogP contribution >= 0.6 is 0 Å². The summed E-state index contributed by atoms with van der Waals surface area (Å²) in [4.78, 5) is 14.3. The predicted molar refractivity (Wildman–Crippen MR) is 77.8 cm³/mol. The smallest absolute Gasteiger partial charge is 0.242 e. The Morgan fingerprint density at radius 2 is 2.10 bits per heavy atom. The number of carbonyl (C=O) groups is 1. The number of hydrogen-bond donors (Lipinski definition) is 3. The van der Waals surface area contributed by atoms with Crippen molar-refractivity contribution in [1.82, 2.24) is 10.3 Å². The number of nitrogens with one attached hydrogen (secondary N) is 1. The zero-order valence-electron chi connectivity index (χ0n) is 11.7.